The number of hydrogen-bond acceptors (Lipinski definition) is 4. The number of nitrogens with one attached hydrogen (secondary N) is 1. The highest BCUT2D eigenvalue weighted by atomic mass is 32.7. The van der Waals surface area contributed by atoms with Gasteiger partial charge in [0.2, 0.25) is 0 Å². The molecule has 56 valence electrons. The van der Waals surface area contributed by atoms with E-state index in [9.17, 15) is 4.57 Å². The summed E-state index contributed by atoms with van der Waals surface area (Å²) < 4.78 is 10.3. The van der Waals surface area contributed by atoms with Crippen LogP contribution in [0.2, 0.25) is 0 Å². The smallest absolute Gasteiger partial charge is 0.316 e. The highest BCUT2D eigenvalue weighted by Gasteiger charge is 2.16. The van der Waals surface area contributed by atoms with E-state index in [4.69, 9.17) is 9.79 Å². The molecule has 8 heteroatoms. The van der Waals surface area contributed by atoms with Crippen LogP contribution in [0.3, 0.4) is 0 Å². The van der Waals surface area contributed by atoms with Gasteiger partial charge in [0, 0.05) is 11.4 Å². The second-order valence-electron chi connectivity index (χ2n) is 1.39. The molecule has 1 aromatic heterocycles. The van der Waals surface area contributed by atoms with E-state index in [0.717, 1.165) is 0 Å². The van der Waals surface area contributed by atoms with Crippen molar-refractivity contribution < 1.29 is 14.4 Å². The van der Waals surface area contributed by atoms with Crippen molar-refractivity contribution in [3.05, 3.63) is 6.20 Å². The maximum atomic E-state index is 10.3. The molecule has 0 spiro atoms. The van der Waals surface area contributed by atoms with Gasteiger partial charge in [0.05, 0.1) is 6.20 Å². The van der Waals surface area contributed by atoms with E-state index in [1.165, 1.54) is 6.20 Å². The zero-order valence-corrected chi connectivity index (χ0v) is 6.34. The Morgan fingerprint density at radius 3 is 2.80 bits per heavy atom. The first-order valence-electron chi connectivity index (χ1n) is 2.19. The summed E-state index contributed by atoms with van der Waals surface area (Å²) >= 11 is 0.369. The quantitative estimate of drug-likeness (QED) is 0.555. The fraction of sp³-hybridized carbons (Fsp3) is 0. The van der Waals surface area contributed by atoms with Gasteiger partial charge in [-0.3, -0.25) is 0 Å². The Hall–Kier alpha value is -0.360. The zero-order valence-electron chi connectivity index (χ0n) is 4.63. The van der Waals surface area contributed by atoms with Crippen molar-refractivity contribution in [3.8, 4) is 0 Å². The topological polar surface area (TPSA) is 99.1 Å². The molecule has 0 amide bonds. The molecule has 0 aromatic carbocycles. The molecule has 1 aromatic rings. The Bertz CT molecular complexity index is 242. The van der Waals surface area contributed by atoms with Crippen molar-refractivity contribution in [2.45, 2.75) is 5.03 Å². The second kappa shape index (κ2) is 2.71. The third-order valence-corrected chi connectivity index (χ3v) is 2.50. The minimum Gasteiger partial charge on any atom is -0.316 e. The standard InChI is InChI=1S/C2H4N3O3PS/c6-9(7,8)10-2-1-3-5-4-2/h1H,(H,3,4,5)(H2,6,7,8). The summed E-state index contributed by atoms with van der Waals surface area (Å²) in [4.78, 5) is 16.8. The molecule has 0 aliphatic heterocycles. The highest BCUT2D eigenvalue weighted by Crippen LogP contribution is 2.53. The van der Waals surface area contributed by atoms with Crippen molar-refractivity contribution >= 4 is 18.2 Å². The van der Waals surface area contributed by atoms with Gasteiger partial charge in [-0.05, 0) is 0 Å². The van der Waals surface area contributed by atoms with Crippen LogP contribution in [0.4, 0.5) is 0 Å². The van der Waals surface area contributed by atoms with Crippen LogP contribution >= 0.6 is 18.2 Å². The van der Waals surface area contributed by atoms with Crippen LogP contribution in [0.25, 0.3) is 0 Å². The first-order valence-corrected chi connectivity index (χ1v) is 5.22. The monoisotopic (exact) mass is 181 g/mol. The summed E-state index contributed by atoms with van der Waals surface area (Å²) in [5, 5.41) is 9.22. The summed E-state index contributed by atoms with van der Waals surface area (Å²) in [6.07, 6.45) is 1.24. The van der Waals surface area contributed by atoms with E-state index in [1.807, 2.05) is 0 Å². The number of rotatable bonds is 2. The Balaban J connectivity index is 2.66. The lowest BCUT2D eigenvalue weighted by atomic mass is 11.0. The molecule has 6 nitrogen and oxygen atoms in total. The molecule has 0 saturated heterocycles. The van der Waals surface area contributed by atoms with Gasteiger partial charge in [-0.15, -0.1) is 5.10 Å². The highest BCUT2D eigenvalue weighted by molar-refractivity contribution is 8.54. The van der Waals surface area contributed by atoms with Crippen molar-refractivity contribution in [2.24, 2.45) is 0 Å². The number of H-pyrrole nitrogens is 1. The van der Waals surface area contributed by atoms with Crippen LogP contribution in [0.1, 0.15) is 0 Å². The van der Waals surface area contributed by atoms with Gasteiger partial charge in [0.15, 0.2) is 0 Å². The van der Waals surface area contributed by atoms with Gasteiger partial charge in [0.25, 0.3) is 0 Å². The van der Waals surface area contributed by atoms with E-state index in [2.05, 4.69) is 15.4 Å². The Morgan fingerprint density at radius 2 is 2.40 bits per heavy atom. The van der Waals surface area contributed by atoms with Crippen LogP contribution in [-0.4, -0.2) is 25.2 Å². The van der Waals surface area contributed by atoms with Crippen molar-refractivity contribution in [3.63, 3.8) is 0 Å². The lowest BCUT2D eigenvalue weighted by molar-refractivity contribution is 0.397. The number of aromatic nitrogens is 3. The normalized spacial score (nSPS) is 11.8. The van der Waals surface area contributed by atoms with Crippen LogP contribution in [-0.2, 0) is 4.57 Å². The molecule has 0 fully saturated rings. The van der Waals surface area contributed by atoms with Crippen molar-refractivity contribution in [1.29, 1.82) is 0 Å². The molecule has 0 aliphatic carbocycles. The maximum absolute atomic E-state index is 10.3. The Kier molecular flexibility index (Phi) is 2.10. The minimum absolute atomic E-state index is 0.188. The Morgan fingerprint density at radius 1 is 1.70 bits per heavy atom. The van der Waals surface area contributed by atoms with Gasteiger partial charge in [-0.2, -0.15) is 10.3 Å². The van der Waals surface area contributed by atoms with Gasteiger partial charge in [0.1, 0.15) is 5.03 Å². The first kappa shape index (κ1) is 7.74. The molecule has 0 radical (unpaired) electrons. The molecule has 1 heterocycles. The van der Waals surface area contributed by atoms with E-state index in [1.54, 1.807) is 0 Å². The third-order valence-electron chi connectivity index (χ3n) is 0.605. The fourth-order valence-corrected chi connectivity index (χ4v) is 1.78. The lowest BCUT2D eigenvalue weighted by Crippen LogP contribution is -1.72. The summed E-state index contributed by atoms with van der Waals surface area (Å²) in [5.74, 6) is 0. The first-order chi connectivity index (χ1) is 4.58. The minimum atomic E-state index is -4.06. The predicted octanol–water partition coefficient (Wildman–Crippen LogP) is -0.0105. The van der Waals surface area contributed by atoms with Gasteiger partial charge < -0.3 is 9.79 Å². The molecule has 0 aliphatic rings. The molecular formula is C2H4N3O3PS. The molecule has 0 saturated carbocycles. The molecule has 0 unspecified atom stereocenters. The molecule has 10 heavy (non-hydrogen) atoms. The molecule has 1 rings (SSSR count). The summed E-state index contributed by atoms with van der Waals surface area (Å²) in [7, 11) is 0. The third kappa shape index (κ3) is 2.49. The van der Waals surface area contributed by atoms with Crippen LogP contribution in [0.5, 0.6) is 0 Å². The fourth-order valence-electron chi connectivity index (χ4n) is 0.357. The zero-order chi connectivity index (χ0) is 7.61. The molecule has 0 bridgehead atoms. The van der Waals surface area contributed by atoms with Crippen molar-refractivity contribution in [1.82, 2.24) is 15.4 Å². The predicted molar refractivity (Wildman–Crippen MR) is 34.3 cm³/mol. The van der Waals surface area contributed by atoms with Gasteiger partial charge in [-0.25, -0.2) is 4.57 Å². The number of hydrogen-bond donors (Lipinski definition) is 3. The van der Waals surface area contributed by atoms with E-state index >= 15 is 0 Å². The maximum Gasteiger partial charge on any atom is 0.390 e. The average Bonchev–Trinajstić information content (AvgIpc) is 2.12. The van der Waals surface area contributed by atoms with Gasteiger partial charge in [-0.1, -0.05) is 0 Å². The number of nitrogens with zero attached hydrogens (tertiary/aromatic N) is 2. The average molecular weight is 181 g/mol. The molecule has 3 N–H and O–H groups in total. The van der Waals surface area contributed by atoms with Crippen LogP contribution in [0, 0.1) is 0 Å². The largest absolute Gasteiger partial charge is 0.390 e. The second-order valence-corrected chi connectivity index (χ2v) is 4.95. The van der Waals surface area contributed by atoms with E-state index in [-0.39, 0.29) is 5.03 Å². The van der Waals surface area contributed by atoms with Crippen LogP contribution in [0.15, 0.2) is 11.2 Å². The molecule has 0 atom stereocenters. The van der Waals surface area contributed by atoms with E-state index in [0.29, 0.717) is 11.4 Å². The number of aromatic amines is 1. The lowest BCUT2D eigenvalue weighted by Gasteiger charge is -1.95. The van der Waals surface area contributed by atoms with Crippen molar-refractivity contribution in [2.75, 3.05) is 0 Å². The van der Waals surface area contributed by atoms with Gasteiger partial charge >= 0.3 is 6.80 Å². The SMILES string of the molecule is O=P(O)(O)Sc1cn[nH]n1. The summed E-state index contributed by atoms with van der Waals surface area (Å²) in [6.45, 7) is -4.06. The summed E-state index contributed by atoms with van der Waals surface area (Å²) in [6, 6.07) is 0. The Labute approximate surface area is 59.9 Å². The molecular weight excluding hydrogens is 177 g/mol. The van der Waals surface area contributed by atoms with E-state index < -0.39 is 6.80 Å². The van der Waals surface area contributed by atoms with Crippen LogP contribution < -0.4 is 0 Å². The summed E-state index contributed by atoms with van der Waals surface area (Å²) in [5.41, 5.74) is 0.